The van der Waals surface area contributed by atoms with Crippen molar-refractivity contribution < 1.29 is 38.1 Å². The molecule has 0 aliphatic rings. The fourth-order valence-corrected chi connectivity index (χ4v) is 5.72. The third kappa shape index (κ3) is 23.5. The second-order valence-corrected chi connectivity index (χ2v) is 12.9. The Balaban J connectivity index is 2.86. The summed E-state index contributed by atoms with van der Waals surface area (Å²) < 4.78 is 22.9. The first kappa shape index (κ1) is 43.5. The van der Waals surface area contributed by atoms with Crippen LogP contribution in [0.15, 0.2) is 68.3 Å². The molecule has 0 spiro atoms. The molecule has 0 saturated carbocycles. The summed E-state index contributed by atoms with van der Waals surface area (Å²) in [6.07, 6.45) is 15.0. The van der Waals surface area contributed by atoms with Crippen LogP contribution in [-0.4, -0.2) is 55.5 Å². The molecule has 0 N–H and O–H groups in total. The van der Waals surface area contributed by atoms with Gasteiger partial charge in [-0.15, -0.1) is 19.7 Å². The maximum atomic E-state index is 13.3. The van der Waals surface area contributed by atoms with Gasteiger partial charge in [-0.25, -0.2) is 0 Å². The molecule has 0 radical (unpaired) electrons. The van der Waals surface area contributed by atoms with Gasteiger partial charge in [-0.05, 0) is 82.8 Å². The summed E-state index contributed by atoms with van der Waals surface area (Å²) in [6, 6.07) is 9.52. The van der Waals surface area contributed by atoms with Crippen molar-refractivity contribution in [3.63, 3.8) is 0 Å². The summed E-state index contributed by atoms with van der Waals surface area (Å²) in [4.78, 5) is 51.3. The van der Waals surface area contributed by atoms with E-state index in [1.165, 1.54) is 6.92 Å². The maximum Gasteiger partial charge on any atom is 0.309 e. The number of unbranched alkanes of at least 4 members (excludes halogenated alkanes) is 6. The molecule has 0 aliphatic heterocycles. The predicted octanol–water partition coefficient (Wildman–Crippen LogP) is 9.26. The Bertz CT molecular complexity index is 1100. The number of carbonyl (C=O) groups excluding carboxylic acids is 4. The van der Waals surface area contributed by atoms with Crippen molar-refractivity contribution in [3.05, 3.63) is 68.3 Å². The number of para-hydroxylation sites is 1. The van der Waals surface area contributed by atoms with Crippen molar-refractivity contribution in [2.75, 3.05) is 13.7 Å². The average molecular weight is 683 g/mol. The molecule has 1 aromatic carbocycles. The highest BCUT2D eigenvalue weighted by atomic mass is 16.6. The molecule has 0 saturated heterocycles. The van der Waals surface area contributed by atoms with Gasteiger partial charge in [0.25, 0.3) is 0 Å². The number of carbonyl (C=O) groups is 4. The minimum Gasteiger partial charge on any atom is -0.493 e. The van der Waals surface area contributed by atoms with E-state index in [0.717, 1.165) is 63.5 Å². The quantitative estimate of drug-likeness (QED) is 0.0421. The summed E-state index contributed by atoms with van der Waals surface area (Å²) in [6.45, 7) is 13.2. The number of hydrogen-bond acceptors (Lipinski definition) is 8. The van der Waals surface area contributed by atoms with Gasteiger partial charge in [-0.1, -0.05) is 55.7 Å². The monoisotopic (exact) mass is 682 g/mol. The van der Waals surface area contributed by atoms with Gasteiger partial charge in [0.2, 0.25) is 0 Å². The Morgan fingerprint density at radius 3 is 1.86 bits per heavy atom. The smallest absolute Gasteiger partial charge is 0.309 e. The van der Waals surface area contributed by atoms with E-state index < -0.39 is 24.1 Å². The standard InChI is InChI=1S/C41H62O8/c1-6-9-12-14-15-17-21-34(29-35(43)31-37(46-5)26-27-47-36-23-19-16-20-24-36)30-40(44)49-39(25-18-13-10-7-2)32-41(45)48-38(22-11-8-3)28-33(4)42/h6-8,16,19-20,23-24,34,37-39H,1-3,9-15,17-18,21-22,25-32H2,4-5H3. The van der Waals surface area contributed by atoms with Crippen LogP contribution >= 0.6 is 0 Å². The largest absolute Gasteiger partial charge is 0.493 e. The van der Waals surface area contributed by atoms with Crippen molar-refractivity contribution in [2.45, 2.75) is 141 Å². The highest BCUT2D eigenvalue weighted by Crippen LogP contribution is 2.23. The van der Waals surface area contributed by atoms with E-state index in [-0.39, 0.29) is 55.7 Å². The molecule has 8 nitrogen and oxygen atoms in total. The highest BCUT2D eigenvalue weighted by Gasteiger charge is 2.26. The lowest BCUT2D eigenvalue weighted by molar-refractivity contribution is -0.159. The van der Waals surface area contributed by atoms with Gasteiger partial charge in [0, 0.05) is 39.2 Å². The van der Waals surface area contributed by atoms with Crippen molar-refractivity contribution in [3.8, 4) is 5.75 Å². The SMILES string of the molecule is C=CCCCCCCC(CC(=O)CC(CCOc1ccccc1)OC)CC(=O)OC(CCCCC=C)CC(=O)OC(CCC=C)CC(C)=O. The van der Waals surface area contributed by atoms with Gasteiger partial charge in [-0.2, -0.15) is 0 Å². The van der Waals surface area contributed by atoms with Gasteiger partial charge in [0.05, 0.1) is 19.1 Å². The second-order valence-electron chi connectivity index (χ2n) is 12.9. The van der Waals surface area contributed by atoms with Crippen LogP contribution < -0.4 is 4.74 Å². The second kappa shape index (κ2) is 28.3. The molecule has 0 aliphatic carbocycles. The van der Waals surface area contributed by atoms with Gasteiger partial charge in [0.1, 0.15) is 29.5 Å². The molecule has 0 bridgehead atoms. The van der Waals surface area contributed by atoms with E-state index in [1.54, 1.807) is 13.2 Å². The zero-order valence-electron chi connectivity index (χ0n) is 30.3. The van der Waals surface area contributed by atoms with E-state index in [0.29, 0.717) is 32.3 Å². The normalized spacial score (nSPS) is 13.3. The lowest BCUT2D eigenvalue weighted by atomic mass is 9.90. The number of rotatable bonds is 32. The molecular formula is C41H62O8. The molecule has 274 valence electrons. The van der Waals surface area contributed by atoms with Crippen molar-refractivity contribution in [1.29, 1.82) is 0 Å². The number of hydrogen-bond donors (Lipinski definition) is 0. The van der Waals surface area contributed by atoms with E-state index in [2.05, 4.69) is 19.7 Å². The van der Waals surface area contributed by atoms with Crippen LogP contribution in [0, 0.1) is 5.92 Å². The summed E-state index contributed by atoms with van der Waals surface area (Å²) in [7, 11) is 1.60. The van der Waals surface area contributed by atoms with Gasteiger partial charge in [0.15, 0.2) is 0 Å². The fraction of sp³-hybridized carbons (Fsp3) is 0.610. The number of ketones is 2. The molecular weight excluding hydrogens is 620 g/mol. The summed E-state index contributed by atoms with van der Waals surface area (Å²) >= 11 is 0. The lowest BCUT2D eigenvalue weighted by Gasteiger charge is -2.22. The Morgan fingerprint density at radius 2 is 1.22 bits per heavy atom. The molecule has 4 unspecified atom stereocenters. The van der Waals surface area contributed by atoms with Crippen LogP contribution in [0.5, 0.6) is 5.75 Å². The minimum atomic E-state index is -0.653. The third-order valence-corrected chi connectivity index (χ3v) is 8.37. The molecule has 1 aromatic rings. The minimum absolute atomic E-state index is 0.0385. The molecule has 1 rings (SSSR count). The first-order valence-electron chi connectivity index (χ1n) is 18.1. The number of Topliss-reactive ketones (excluding diaryl/α,β-unsaturated/α-hetero) is 2. The molecule has 0 aromatic heterocycles. The van der Waals surface area contributed by atoms with E-state index in [1.807, 2.05) is 42.5 Å². The van der Waals surface area contributed by atoms with Gasteiger partial charge in [-0.3, -0.25) is 19.2 Å². The molecule has 0 amide bonds. The Labute approximate surface area is 295 Å². The summed E-state index contributed by atoms with van der Waals surface area (Å²) in [5, 5.41) is 0. The Morgan fingerprint density at radius 1 is 0.633 bits per heavy atom. The predicted molar refractivity (Wildman–Crippen MR) is 195 cm³/mol. The van der Waals surface area contributed by atoms with E-state index >= 15 is 0 Å². The molecule has 4 atom stereocenters. The molecule has 0 fully saturated rings. The Hall–Kier alpha value is -3.52. The Kier molecular flexibility index (Phi) is 25.2. The van der Waals surface area contributed by atoms with E-state index in [4.69, 9.17) is 18.9 Å². The molecule has 8 heteroatoms. The zero-order chi connectivity index (χ0) is 36.1. The topological polar surface area (TPSA) is 105 Å². The van der Waals surface area contributed by atoms with Crippen molar-refractivity contribution >= 4 is 23.5 Å². The fourth-order valence-electron chi connectivity index (χ4n) is 5.72. The van der Waals surface area contributed by atoms with Crippen LogP contribution in [0.1, 0.15) is 122 Å². The molecule has 0 heterocycles. The van der Waals surface area contributed by atoms with Crippen LogP contribution in [0.4, 0.5) is 0 Å². The van der Waals surface area contributed by atoms with E-state index in [9.17, 15) is 19.2 Å². The number of ether oxygens (including phenoxy) is 4. The third-order valence-electron chi connectivity index (χ3n) is 8.37. The van der Waals surface area contributed by atoms with Crippen LogP contribution in [0.2, 0.25) is 0 Å². The lowest BCUT2D eigenvalue weighted by Crippen LogP contribution is -2.28. The molecule has 49 heavy (non-hydrogen) atoms. The highest BCUT2D eigenvalue weighted by molar-refractivity contribution is 5.80. The summed E-state index contributed by atoms with van der Waals surface area (Å²) in [5.41, 5.74) is 0. The maximum absolute atomic E-state index is 13.3. The van der Waals surface area contributed by atoms with Crippen molar-refractivity contribution in [2.24, 2.45) is 5.92 Å². The number of esters is 2. The number of allylic oxidation sites excluding steroid dienone is 3. The summed E-state index contributed by atoms with van der Waals surface area (Å²) in [5.74, 6) is -0.345. The zero-order valence-corrected chi connectivity index (χ0v) is 30.3. The van der Waals surface area contributed by atoms with Gasteiger partial charge >= 0.3 is 11.9 Å². The number of methoxy groups -OCH3 is 1. The average Bonchev–Trinajstić information content (AvgIpc) is 3.06. The number of benzene rings is 1. The van der Waals surface area contributed by atoms with Crippen molar-refractivity contribution in [1.82, 2.24) is 0 Å². The van der Waals surface area contributed by atoms with Crippen LogP contribution in [0.25, 0.3) is 0 Å². The van der Waals surface area contributed by atoms with Crippen LogP contribution in [0.3, 0.4) is 0 Å². The first-order chi connectivity index (χ1) is 23.7. The first-order valence-corrected chi connectivity index (χ1v) is 18.1. The van der Waals surface area contributed by atoms with Crippen LogP contribution in [-0.2, 0) is 33.4 Å². The van der Waals surface area contributed by atoms with Gasteiger partial charge < -0.3 is 18.9 Å².